The second-order valence-corrected chi connectivity index (χ2v) is 3.91. The molecule has 1 aromatic carbocycles. The number of hydrogen-bond acceptors (Lipinski definition) is 3. The molecule has 1 aromatic heterocycles. The molecule has 0 bridgehead atoms. The second-order valence-electron chi connectivity index (χ2n) is 3.47. The fourth-order valence-electron chi connectivity index (χ4n) is 1.37. The summed E-state index contributed by atoms with van der Waals surface area (Å²) in [6.07, 6.45) is 1.22. The van der Waals surface area contributed by atoms with Gasteiger partial charge in [0.1, 0.15) is 12.0 Å². The summed E-state index contributed by atoms with van der Waals surface area (Å²) in [7, 11) is 0. The van der Waals surface area contributed by atoms with Gasteiger partial charge in [-0.1, -0.05) is 17.7 Å². The van der Waals surface area contributed by atoms with Crippen molar-refractivity contribution in [3.63, 3.8) is 0 Å². The minimum absolute atomic E-state index is 0.146. The molecular weight excluding hydrogens is 242 g/mol. The number of carbonyl (C=O) groups is 1. The average Bonchev–Trinajstić information content (AvgIpc) is 2.75. The van der Waals surface area contributed by atoms with Gasteiger partial charge in [-0.3, -0.25) is 0 Å². The highest BCUT2D eigenvalue weighted by molar-refractivity contribution is 6.30. The third-order valence-corrected chi connectivity index (χ3v) is 2.43. The first-order chi connectivity index (χ1) is 8.15. The second kappa shape index (κ2) is 4.93. The summed E-state index contributed by atoms with van der Waals surface area (Å²) in [5.41, 5.74) is 0.999. The lowest BCUT2D eigenvalue weighted by Crippen LogP contribution is -1.98. The third kappa shape index (κ3) is 3.01. The van der Waals surface area contributed by atoms with Crippen LogP contribution in [0, 0.1) is 0 Å². The Kier molecular flexibility index (Phi) is 3.35. The molecule has 0 fully saturated rings. The summed E-state index contributed by atoms with van der Waals surface area (Å²) in [5, 5.41) is 12.4. The van der Waals surface area contributed by atoms with E-state index in [0.717, 1.165) is 5.69 Å². The molecule has 0 radical (unpaired) electrons. The smallest absolute Gasteiger partial charge is 0.338 e. The summed E-state index contributed by atoms with van der Waals surface area (Å²) >= 11 is 5.83. The molecule has 0 saturated heterocycles. The van der Waals surface area contributed by atoms with Crippen molar-refractivity contribution in [3.05, 3.63) is 52.9 Å². The van der Waals surface area contributed by atoms with Crippen LogP contribution in [0.4, 0.5) is 5.69 Å². The van der Waals surface area contributed by atoms with Crippen molar-refractivity contribution < 1.29 is 14.3 Å². The maximum atomic E-state index is 10.6. The number of rotatable bonds is 4. The van der Waals surface area contributed by atoms with E-state index >= 15 is 0 Å². The number of benzene rings is 1. The largest absolute Gasteiger partial charge is 0.478 e. The minimum Gasteiger partial charge on any atom is -0.478 e. The summed E-state index contributed by atoms with van der Waals surface area (Å²) < 4.78 is 5.10. The molecule has 0 spiro atoms. The van der Waals surface area contributed by atoms with Crippen LogP contribution in [0.25, 0.3) is 0 Å². The molecule has 0 atom stereocenters. The summed E-state index contributed by atoms with van der Waals surface area (Å²) in [4.78, 5) is 10.6. The standard InChI is InChI=1S/C12H10ClNO3/c13-9-2-1-3-10(5-9)14-6-11-4-8(7-17-11)12(15)16/h1-5,7,14H,6H2,(H,15,16). The Morgan fingerprint density at radius 2 is 2.24 bits per heavy atom. The number of hydrogen-bond donors (Lipinski definition) is 2. The average molecular weight is 252 g/mol. The Balaban J connectivity index is 2.00. The highest BCUT2D eigenvalue weighted by atomic mass is 35.5. The van der Waals surface area contributed by atoms with Crippen molar-refractivity contribution in [3.8, 4) is 0 Å². The van der Waals surface area contributed by atoms with Gasteiger partial charge in [-0.25, -0.2) is 4.79 Å². The number of halogens is 1. The molecule has 88 valence electrons. The van der Waals surface area contributed by atoms with Gasteiger partial charge in [-0.2, -0.15) is 0 Å². The third-order valence-electron chi connectivity index (χ3n) is 2.19. The van der Waals surface area contributed by atoms with E-state index < -0.39 is 5.97 Å². The van der Waals surface area contributed by atoms with Crippen LogP contribution in [-0.2, 0) is 6.54 Å². The van der Waals surface area contributed by atoms with Gasteiger partial charge < -0.3 is 14.8 Å². The van der Waals surface area contributed by atoms with Crippen LogP contribution in [0.5, 0.6) is 0 Å². The predicted molar refractivity (Wildman–Crippen MR) is 64.4 cm³/mol. The van der Waals surface area contributed by atoms with Gasteiger partial charge in [0.25, 0.3) is 0 Å². The molecule has 2 N–H and O–H groups in total. The summed E-state index contributed by atoms with van der Waals surface area (Å²) in [6, 6.07) is 8.74. The molecule has 4 nitrogen and oxygen atoms in total. The maximum Gasteiger partial charge on any atom is 0.338 e. The number of anilines is 1. The van der Waals surface area contributed by atoms with Gasteiger partial charge in [-0.15, -0.1) is 0 Å². The fourth-order valence-corrected chi connectivity index (χ4v) is 1.56. The van der Waals surface area contributed by atoms with Gasteiger partial charge in [0, 0.05) is 10.7 Å². The molecule has 2 rings (SSSR count). The van der Waals surface area contributed by atoms with Crippen LogP contribution in [0.2, 0.25) is 5.02 Å². The van der Waals surface area contributed by atoms with E-state index in [1.807, 2.05) is 12.1 Å². The predicted octanol–water partition coefficient (Wildman–Crippen LogP) is 3.24. The van der Waals surface area contributed by atoms with Crippen molar-refractivity contribution in [2.24, 2.45) is 0 Å². The first-order valence-electron chi connectivity index (χ1n) is 4.95. The van der Waals surface area contributed by atoms with Crippen molar-refractivity contribution in [2.45, 2.75) is 6.54 Å². The van der Waals surface area contributed by atoms with Gasteiger partial charge in [0.15, 0.2) is 0 Å². The molecule has 0 aliphatic carbocycles. The van der Waals surface area contributed by atoms with Crippen molar-refractivity contribution in [1.82, 2.24) is 0 Å². The van der Waals surface area contributed by atoms with Crippen LogP contribution >= 0.6 is 11.6 Å². The van der Waals surface area contributed by atoms with Gasteiger partial charge in [0.05, 0.1) is 12.1 Å². The van der Waals surface area contributed by atoms with Crippen LogP contribution in [0.3, 0.4) is 0 Å². The monoisotopic (exact) mass is 251 g/mol. The Labute approximate surface area is 103 Å². The number of aromatic carboxylic acids is 1. The molecule has 0 aliphatic heterocycles. The minimum atomic E-state index is -0.997. The zero-order chi connectivity index (χ0) is 12.3. The lowest BCUT2D eigenvalue weighted by Gasteiger charge is -2.03. The highest BCUT2D eigenvalue weighted by Crippen LogP contribution is 2.16. The SMILES string of the molecule is O=C(O)c1coc(CNc2cccc(Cl)c2)c1. The van der Waals surface area contributed by atoms with Crippen LogP contribution < -0.4 is 5.32 Å². The lowest BCUT2D eigenvalue weighted by atomic mass is 10.3. The topological polar surface area (TPSA) is 62.5 Å². The molecule has 1 heterocycles. The fraction of sp³-hybridized carbons (Fsp3) is 0.0833. The molecule has 5 heteroatoms. The zero-order valence-corrected chi connectivity index (χ0v) is 9.57. The quantitative estimate of drug-likeness (QED) is 0.876. The molecule has 0 amide bonds. The lowest BCUT2D eigenvalue weighted by molar-refractivity contribution is 0.0696. The van der Waals surface area contributed by atoms with E-state index in [4.69, 9.17) is 21.1 Å². The molecule has 17 heavy (non-hydrogen) atoms. The van der Waals surface area contributed by atoms with E-state index in [0.29, 0.717) is 17.3 Å². The van der Waals surface area contributed by atoms with Crippen molar-refractivity contribution >= 4 is 23.3 Å². The van der Waals surface area contributed by atoms with Gasteiger partial charge in [-0.05, 0) is 24.3 Å². The van der Waals surface area contributed by atoms with Gasteiger partial charge in [0.2, 0.25) is 0 Å². The first-order valence-corrected chi connectivity index (χ1v) is 5.33. The van der Waals surface area contributed by atoms with E-state index in [-0.39, 0.29) is 5.56 Å². The number of nitrogens with one attached hydrogen (secondary N) is 1. The Bertz CT molecular complexity index is 536. The maximum absolute atomic E-state index is 10.6. The Hall–Kier alpha value is -1.94. The Morgan fingerprint density at radius 1 is 1.41 bits per heavy atom. The Morgan fingerprint density at radius 3 is 2.88 bits per heavy atom. The van der Waals surface area contributed by atoms with Crippen LogP contribution in [0.15, 0.2) is 41.0 Å². The number of furan rings is 1. The molecule has 0 saturated carbocycles. The number of carboxylic acids is 1. The van der Waals surface area contributed by atoms with E-state index in [9.17, 15) is 4.79 Å². The van der Waals surface area contributed by atoms with Crippen LogP contribution in [-0.4, -0.2) is 11.1 Å². The zero-order valence-electron chi connectivity index (χ0n) is 8.81. The van der Waals surface area contributed by atoms with E-state index in [1.54, 1.807) is 12.1 Å². The molecule has 0 aliphatic rings. The molecule has 2 aromatic rings. The first kappa shape index (κ1) is 11.5. The summed E-state index contributed by atoms with van der Waals surface area (Å²) in [6.45, 7) is 0.410. The number of carboxylic acid groups (broad SMARTS) is 1. The van der Waals surface area contributed by atoms with E-state index in [2.05, 4.69) is 5.32 Å². The van der Waals surface area contributed by atoms with Gasteiger partial charge >= 0.3 is 5.97 Å². The molecular formula is C12H10ClNO3. The molecule has 0 unspecified atom stereocenters. The van der Waals surface area contributed by atoms with Crippen molar-refractivity contribution in [2.75, 3.05) is 5.32 Å². The van der Waals surface area contributed by atoms with Crippen molar-refractivity contribution in [1.29, 1.82) is 0 Å². The normalized spacial score (nSPS) is 10.2. The van der Waals surface area contributed by atoms with E-state index in [1.165, 1.54) is 12.3 Å². The summed E-state index contributed by atoms with van der Waals surface area (Å²) in [5.74, 6) is -0.440. The van der Waals surface area contributed by atoms with Crippen LogP contribution in [0.1, 0.15) is 16.1 Å². The highest BCUT2D eigenvalue weighted by Gasteiger charge is 2.07.